The number of nitrogens with one attached hydrogen (secondary N) is 1. The lowest BCUT2D eigenvalue weighted by Gasteiger charge is -2.20. The van der Waals surface area contributed by atoms with Gasteiger partial charge in [0.2, 0.25) is 0 Å². The van der Waals surface area contributed by atoms with Crippen LogP contribution in [0.2, 0.25) is 0 Å². The zero-order chi connectivity index (χ0) is 21.7. The molecule has 1 N–H and O–H groups in total. The summed E-state index contributed by atoms with van der Waals surface area (Å²) in [5.74, 6) is -0.461. The van der Waals surface area contributed by atoms with Gasteiger partial charge in [0.1, 0.15) is 5.82 Å². The van der Waals surface area contributed by atoms with Gasteiger partial charge < -0.3 is 5.32 Å². The van der Waals surface area contributed by atoms with E-state index in [9.17, 15) is 9.18 Å². The van der Waals surface area contributed by atoms with Crippen LogP contribution in [0.1, 0.15) is 46.7 Å². The third kappa shape index (κ3) is 4.76. The van der Waals surface area contributed by atoms with Crippen molar-refractivity contribution in [2.24, 2.45) is 0 Å². The van der Waals surface area contributed by atoms with Gasteiger partial charge in [-0.1, -0.05) is 38.1 Å². The molecule has 0 unspecified atom stereocenters. The van der Waals surface area contributed by atoms with E-state index >= 15 is 0 Å². The Morgan fingerprint density at radius 3 is 2.30 bits per heavy atom. The standard InChI is InChI=1S/C24H29FN4O/c1-5-28(6-2)16-20-10-8-7-9-19(20)15-26-24(30)23-17(3)27-29(18(23)4)22-13-11-21(25)12-14-22/h7-14H,5-6,15-16H2,1-4H3,(H,26,30). The molecule has 0 saturated carbocycles. The van der Waals surface area contributed by atoms with Crippen molar-refractivity contribution in [2.75, 3.05) is 13.1 Å². The summed E-state index contributed by atoms with van der Waals surface area (Å²) in [5.41, 5.74) is 4.98. The molecule has 2 aromatic carbocycles. The lowest BCUT2D eigenvalue weighted by molar-refractivity contribution is 0.0949. The Labute approximate surface area is 177 Å². The third-order valence-corrected chi connectivity index (χ3v) is 5.44. The molecule has 0 spiro atoms. The number of hydrogen-bond donors (Lipinski definition) is 1. The predicted octanol–water partition coefficient (Wildman–Crippen LogP) is 4.40. The molecule has 158 valence electrons. The van der Waals surface area contributed by atoms with Crippen LogP contribution >= 0.6 is 0 Å². The molecule has 0 aliphatic heterocycles. The molecule has 0 aliphatic rings. The van der Waals surface area contributed by atoms with Gasteiger partial charge in [0.15, 0.2) is 0 Å². The fourth-order valence-electron chi connectivity index (χ4n) is 3.64. The molecular weight excluding hydrogens is 379 g/mol. The highest BCUT2D eigenvalue weighted by Crippen LogP contribution is 2.19. The average Bonchev–Trinajstić information content (AvgIpc) is 3.05. The Kier molecular flexibility index (Phi) is 7.00. The van der Waals surface area contributed by atoms with E-state index in [1.165, 1.54) is 17.7 Å². The number of carbonyl (C=O) groups is 1. The predicted molar refractivity (Wildman–Crippen MR) is 117 cm³/mol. The summed E-state index contributed by atoms with van der Waals surface area (Å²) in [6, 6.07) is 14.3. The molecule has 3 rings (SSSR count). The molecule has 1 amide bonds. The monoisotopic (exact) mass is 408 g/mol. The van der Waals surface area contributed by atoms with Crippen molar-refractivity contribution in [2.45, 2.75) is 40.8 Å². The molecule has 0 radical (unpaired) electrons. The number of halogens is 1. The number of rotatable bonds is 8. The quantitative estimate of drug-likeness (QED) is 0.601. The summed E-state index contributed by atoms with van der Waals surface area (Å²) in [6.07, 6.45) is 0. The van der Waals surface area contributed by atoms with Crippen molar-refractivity contribution < 1.29 is 9.18 Å². The van der Waals surface area contributed by atoms with Crippen LogP contribution in [0.15, 0.2) is 48.5 Å². The first-order valence-corrected chi connectivity index (χ1v) is 10.3. The first kappa shape index (κ1) is 21.7. The maximum Gasteiger partial charge on any atom is 0.255 e. The fraction of sp³-hybridized carbons (Fsp3) is 0.333. The Balaban J connectivity index is 1.77. The molecule has 0 fully saturated rings. The third-order valence-electron chi connectivity index (χ3n) is 5.44. The van der Waals surface area contributed by atoms with E-state index in [1.807, 2.05) is 26.0 Å². The van der Waals surface area contributed by atoms with Crippen LogP contribution < -0.4 is 5.32 Å². The van der Waals surface area contributed by atoms with Gasteiger partial charge in [-0.05, 0) is 62.3 Å². The number of aryl methyl sites for hydroxylation is 1. The molecule has 30 heavy (non-hydrogen) atoms. The van der Waals surface area contributed by atoms with Crippen LogP contribution in [0.4, 0.5) is 4.39 Å². The van der Waals surface area contributed by atoms with Crippen molar-refractivity contribution in [3.8, 4) is 5.69 Å². The van der Waals surface area contributed by atoms with Gasteiger partial charge in [-0.2, -0.15) is 5.10 Å². The van der Waals surface area contributed by atoms with E-state index in [4.69, 9.17) is 0 Å². The summed E-state index contributed by atoms with van der Waals surface area (Å²) >= 11 is 0. The minimum Gasteiger partial charge on any atom is -0.348 e. The number of nitrogens with zero attached hydrogens (tertiary/aromatic N) is 3. The fourth-order valence-corrected chi connectivity index (χ4v) is 3.64. The van der Waals surface area contributed by atoms with Crippen LogP contribution in [0, 0.1) is 19.7 Å². The summed E-state index contributed by atoms with van der Waals surface area (Å²) in [6.45, 7) is 11.3. The van der Waals surface area contributed by atoms with Gasteiger partial charge in [0, 0.05) is 13.1 Å². The molecule has 0 atom stereocenters. The molecule has 0 aliphatic carbocycles. The van der Waals surface area contributed by atoms with E-state index in [2.05, 4.69) is 41.3 Å². The van der Waals surface area contributed by atoms with E-state index < -0.39 is 0 Å². The maximum absolute atomic E-state index is 13.2. The Morgan fingerprint density at radius 1 is 1.03 bits per heavy atom. The van der Waals surface area contributed by atoms with Crippen molar-refractivity contribution in [3.05, 3.63) is 82.4 Å². The van der Waals surface area contributed by atoms with Crippen molar-refractivity contribution >= 4 is 5.91 Å². The molecule has 6 heteroatoms. The molecular formula is C24H29FN4O. The number of carbonyl (C=O) groups excluding carboxylic acids is 1. The van der Waals surface area contributed by atoms with Gasteiger partial charge in [0.25, 0.3) is 5.91 Å². The van der Waals surface area contributed by atoms with E-state index in [0.717, 1.165) is 36.6 Å². The molecule has 5 nitrogen and oxygen atoms in total. The lowest BCUT2D eigenvalue weighted by atomic mass is 10.1. The minimum absolute atomic E-state index is 0.156. The van der Waals surface area contributed by atoms with Gasteiger partial charge in [-0.15, -0.1) is 0 Å². The van der Waals surface area contributed by atoms with Gasteiger partial charge in [0.05, 0.1) is 22.6 Å². The number of amides is 1. The highest BCUT2D eigenvalue weighted by Gasteiger charge is 2.19. The van der Waals surface area contributed by atoms with Crippen LogP contribution in [-0.4, -0.2) is 33.7 Å². The van der Waals surface area contributed by atoms with Gasteiger partial charge >= 0.3 is 0 Å². The summed E-state index contributed by atoms with van der Waals surface area (Å²) in [5, 5.41) is 7.54. The SMILES string of the molecule is CCN(CC)Cc1ccccc1CNC(=O)c1c(C)nn(-c2ccc(F)cc2)c1C. The van der Waals surface area contributed by atoms with Gasteiger partial charge in [-0.3, -0.25) is 9.69 Å². The summed E-state index contributed by atoms with van der Waals surface area (Å²) in [7, 11) is 0. The first-order valence-electron chi connectivity index (χ1n) is 10.3. The second-order valence-electron chi connectivity index (χ2n) is 7.35. The van der Waals surface area contributed by atoms with Crippen molar-refractivity contribution in [1.29, 1.82) is 0 Å². The number of aromatic nitrogens is 2. The highest BCUT2D eigenvalue weighted by atomic mass is 19.1. The van der Waals surface area contributed by atoms with Crippen LogP contribution in [0.25, 0.3) is 5.69 Å². The Hall–Kier alpha value is -2.99. The topological polar surface area (TPSA) is 50.2 Å². The number of hydrogen-bond acceptors (Lipinski definition) is 3. The molecule has 1 heterocycles. The minimum atomic E-state index is -0.304. The average molecular weight is 409 g/mol. The van der Waals surface area contributed by atoms with E-state index in [0.29, 0.717) is 17.8 Å². The number of benzene rings is 2. The summed E-state index contributed by atoms with van der Waals surface area (Å²) in [4.78, 5) is 15.3. The molecule has 1 aromatic heterocycles. The zero-order valence-electron chi connectivity index (χ0n) is 18.1. The zero-order valence-corrected chi connectivity index (χ0v) is 18.1. The molecule has 0 bridgehead atoms. The second-order valence-corrected chi connectivity index (χ2v) is 7.35. The van der Waals surface area contributed by atoms with Crippen LogP contribution in [0.5, 0.6) is 0 Å². The smallest absolute Gasteiger partial charge is 0.255 e. The van der Waals surface area contributed by atoms with Crippen molar-refractivity contribution in [3.63, 3.8) is 0 Å². The second kappa shape index (κ2) is 9.67. The largest absolute Gasteiger partial charge is 0.348 e. The van der Waals surface area contributed by atoms with E-state index in [-0.39, 0.29) is 11.7 Å². The van der Waals surface area contributed by atoms with Crippen LogP contribution in [-0.2, 0) is 13.1 Å². The van der Waals surface area contributed by atoms with E-state index in [1.54, 1.807) is 16.8 Å². The molecule has 3 aromatic rings. The molecule has 0 saturated heterocycles. The first-order chi connectivity index (χ1) is 14.4. The van der Waals surface area contributed by atoms with Crippen LogP contribution in [0.3, 0.4) is 0 Å². The maximum atomic E-state index is 13.2. The van der Waals surface area contributed by atoms with Gasteiger partial charge in [-0.25, -0.2) is 9.07 Å². The Bertz CT molecular complexity index is 1010. The lowest BCUT2D eigenvalue weighted by Crippen LogP contribution is -2.26. The highest BCUT2D eigenvalue weighted by molar-refractivity contribution is 5.96. The normalized spacial score (nSPS) is 11.1. The Morgan fingerprint density at radius 2 is 1.67 bits per heavy atom. The summed E-state index contributed by atoms with van der Waals surface area (Å²) < 4.78 is 14.9. The van der Waals surface area contributed by atoms with Crippen molar-refractivity contribution in [1.82, 2.24) is 20.0 Å².